The fourth-order valence-corrected chi connectivity index (χ4v) is 5.33. The zero-order chi connectivity index (χ0) is 24.6. The minimum Gasteiger partial charge on any atom is -0.494 e. The summed E-state index contributed by atoms with van der Waals surface area (Å²) >= 11 is 0. The second kappa shape index (κ2) is 12.3. The van der Waals surface area contributed by atoms with Gasteiger partial charge < -0.3 is 25.6 Å². The van der Waals surface area contributed by atoms with Gasteiger partial charge in [0, 0.05) is 36.4 Å². The first-order chi connectivity index (χ1) is 17.1. The van der Waals surface area contributed by atoms with Gasteiger partial charge in [-0.3, -0.25) is 0 Å². The van der Waals surface area contributed by atoms with Crippen LogP contribution in [0.3, 0.4) is 0 Å². The maximum atomic E-state index is 14.3. The van der Waals surface area contributed by atoms with E-state index in [2.05, 4.69) is 39.7 Å². The predicted octanol–water partition coefficient (Wildman–Crippen LogP) is 5.25. The van der Waals surface area contributed by atoms with Crippen molar-refractivity contribution in [1.29, 1.82) is 0 Å². The first kappa shape index (κ1) is 25.4. The lowest BCUT2D eigenvalue weighted by atomic mass is 10.0. The van der Waals surface area contributed by atoms with Gasteiger partial charge in [0.1, 0.15) is 0 Å². The molecule has 1 aliphatic heterocycles. The van der Waals surface area contributed by atoms with Crippen LogP contribution in [0.5, 0.6) is 5.75 Å². The molecule has 0 amide bonds. The van der Waals surface area contributed by atoms with Crippen LogP contribution in [0.25, 0.3) is 0 Å². The molecular formula is C26H40FN7O. The van der Waals surface area contributed by atoms with Crippen molar-refractivity contribution in [2.24, 2.45) is 0 Å². The highest BCUT2D eigenvalue weighted by atomic mass is 19.1. The monoisotopic (exact) mass is 485 g/mol. The van der Waals surface area contributed by atoms with Crippen LogP contribution in [-0.4, -0.2) is 53.3 Å². The maximum Gasteiger partial charge on any atom is 0.233 e. The van der Waals surface area contributed by atoms with Crippen LogP contribution in [0.2, 0.25) is 0 Å². The Labute approximate surface area is 208 Å². The number of hydrogen-bond donors (Lipinski definition) is 3. The smallest absolute Gasteiger partial charge is 0.233 e. The van der Waals surface area contributed by atoms with E-state index < -0.39 is 5.82 Å². The Morgan fingerprint density at radius 3 is 2.46 bits per heavy atom. The fraction of sp³-hybridized carbons (Fsp3) is 0.654. The number of hydrogen-bond acceptors (Lipinski definition) is 8. The molecule has 0 spiro atoms. The molecule has 2 heterocycles. The molecule has 8 nitrogen and oxygen atoms in total. The lowest BCUT2D eigenvalue weighted by molar-refractivity contribution is 0.386. The number of nitrogens with zero attached hydrogens (tertiary/aromatic N) is 4. The van der Waals surface area contributed by atoms with Crippen LogP contribution < -0.4 is 25.6 Å². The van der Waals surface area contributed by atoms with Crippen molar-refractivity contribution in [3.63, 3.8) is 0 Å². The summed E-state index contributed by atoms with van der Waals surface area (Å²) in [5.41, 5.74) is 0.563. The van der Waals surface area contributed by atoms with Crippen LogP contribution in [-0.2, 0) is 0 Å². The Bertz CT molecular complexity index is 945. The highest BCUT2D eigenvalue weighted by Gasteiger charge is 2.26. The van der Waals surface area contributed by atoms with E-state index in [1.54, 1.807) is 12.1 Å². The van der Waals surface area contributed by atoms with Crippen molar-refractivity contribution in [3.8, 4) is 5.75 Å². The van der Waals surface area contributed by atoms with Gasteiger partial charge in [0.25, 0.3) is 0 Å². The molecule has 2 atom stereocenters. The normalized spacial score (nSPS) is 19.7. The molecule has 1 aromatic carbocycles. The molecule has 2 unspecified atom stereocenters. The molecule has 1 aliphatic carbocycles. The van der Waals surface area contributed by atoms with Crippen molar-refractivity contribution in [3.05, 3.63) is 24.0 Å². The Hall–Kier alpha value is -2.68. The molecule has 35 heavy (non-hydrogen) atoms. The maximum absolute atomic E-state index is 14.3. The van der Waals surface area contributed by atoms with Crippen LogP contribution >= 0.6 is 0 Å². The van der Waals surface area contributed by atoms with Crippen LogP contribution in [0.1, 0.15) is 71.6 Å². The molecule has 4 rings (SSSR count). The van der Waals surface area contributed by atoms with E-state index in [-0.39, 0.29) is 11.8 Å². The molecule has 1 aromatic heterocycles. The van der Waals surface area contributed by atoms with E-state index in [0.717, 1.165) is 38.8 Å². The van der Waals surface area contributed by atoms with Crippen LogP contribution in [0.15, 0.2) is 18.2 Å². The summed E-state index contributed by atoms with van der Waals surface area (Å²) in [6.07, 6.45) is 10.6. The number of anilines is 4. The van der Waals surface area contributed by atoms with E-state index in [9.17, 15) is 4.39 Å². The van der Waals surface area contributed by atoms with Crippen molar-refractivity contribution < 1.29 is 9.13 Å². The number of ether oxygens (including phenoxy) is 1. The van der Waals surface area contributed by atoms with Gasteiger partial charge in [-0.2, -0.15) is 15.0 Å². The lowest BCUT2D eigenvalue weighted by Gasteiger charge is -2.31. The molecule has 2 fully saturated rings. The SMILES string of the molecule is CCC(Nc1nc(Nc2ccc(OC)c(F)c2)nc(N(CC)C2CCCCCC2)n1)C1CCCN1. The summed E-state index contributed by atoms with van der Waals surface area (Å²) in [6, 6.07) is 5.81. The van der Waals surface area contributed by atoms with Gasteiger partial charge in [-0.05, 0) is 57.7 Å². The number of methoxy groups -OCH3 is 1. The number of halogens is 1. The van der Waals surface area contributed by atoms with Gasteiger partial charge in [0.2, 0.25) is 17.8 Å². The predicted molar refractivity (Wildman–Crippen MR) is 139 cm³/mol. The molecule has 2 aliphatic rings. The van der Waals surface area contributed by atoms with Crippen molar-refractivity contribution >= 4 is 23.5 Å². The third kappa shape index (κ3) is 6.51. The van der Waals surface area contributed by atoms with Gasteiger partial charge in [-0.25, -0.2) is 4.39 Å². The molecule has 3 N–H and O–H groups in total. The van der Waals surface area contributed by atoms with E-state index in [0.29, 0.717) is 35.6 Å². The second-order valence-electron chi connectivity index (χ2n) is 9.55. The molecule has 0 radical (unpaired) electrons. The first-order valence-electron chi connectivity index (χ1n) is 13.2. The number of nitrogens with one attached hydrogen (secondary N) is 3. The number of benzene rings is 1. The minimum absolute atomic E-state index is 0.203. The molecule has 1 saturated heterocycles. The van der Waals surface area contributed by atoms with Crippen molar-refractivity contribution in [1.82, 2.24) is 20.3 Å². The summed E-state index contributed by atoms with van der Waals surface area (Å²) in [4.78, 5) is 16.7. The average Bonchev–Trinajstić information content (AvgIpc) is 3.26. The second-order valence-corrected chi connectivity index (χ2v) is 9.55. The van der Waals surface area contributed by atoms with E-state index in [1.165, 1.54) is 45.3 Å². The summed E-state index contributed by atoms with van der Waals surface area (Å²) in [6.45, 7) is 6.21. The Morgan fingerprint density at radius 2 is 1.83 bits per heavy atom. The average molecular weight is 486 g/mol. The Kier molecular flexibility index (Phi) is 8.95. The largest absolute Gasteiger partial charge is 0.494 e. The van der Waals surface area contributed by atoms with Crippen LogP contribution in [0.4, 0.5) is 27.9 Å². The number of rotatable bonds is 10. The van der Waals surface area contributed by atoms with Crippen LogP contribution in [0, 0.1) is 5.82 Å². The molecule has 9 heteroatoms. The molecule has 192 valence electrons. The molecule has 2 aromatic rings. The number of aromatic nitrogens is 3. The third-order valence-electron chi connectivity index (χ3n) is 7.23. The van der Waals surface area contributed by atoms with Gasteiger partial charge in [-0.1, -0.05) is 32.6 Å². The van der Waals surface area contributed by atoms with E-state index in [4.69, 9.17) is 14.7 Å². The standard InChI is InChI=1S/C26H40FN7O/c1-4-21(22-13-10-16-28-22)30-25-31-24(29-18-14-15-23(35-3)20(27)17-18)32-26(33-25)34(5-2)19-11-8-6-7-9-12-19/h14-15,17,19,21-22,28H,4-13,16H2,1-3H3,(H2,29,30,31,32,33). The Balaban J connectivity index is 1.64. The zero-order valence-electron chi connectivity index (χ0n) is 21.3. The topological polar surface area (TPSA) is 87.2 Å². The quantitative estimate of drug-likeness (QED) is 0.393. The van der Waals surface area contributed by atoms with Crippen molar-refractivity contribution in [2.75, 3.05) is 35.7 Å². The highest BCUT2D eigenvalue weighted by Crippen LogP contribution is 2.28. The fourth-order valence-electron chi connectivity index (χ4n) is 5.33. The summed E-state index contributed by atoms with van der Waals surface area (Å²) in [5, 5.41) is 10.4. The van der Waals surface area contributed by atoms with Crippen molar-refractivity contribution in [2.45, 2.75) is 89.8 Å². The summed E-state index contributed by atoms with van der Waals surface area (Å²) in [5.74, 6) is 1.40. The zero-order valence-corrected chi connectivity index (χ0v) is 21.3. The van der Waals surface area contributed by atoms with Gasteiger partial charge in [0.15, 0.2) is 11.6 Å². The van der Waals surface area contributed by atoms with E-state index in [1.807, 2.05) is 0 Å². The first-order valence-corrected chi connectivity index (χ1v) is 13.2. The molecular weight excluding hydrogens is 445 g/mol. The van der Waals surface area contributed by atoms with Gasteiger partial charge >= 0.3 is 0 Å². The minimum atomic E-state index is -0.433. The molecule has 1 saturated carbocycles. The summed E-state index contributed by atoms with van der Waals surface area (Å²) in [7, 11) is 1.46. The Morgan fingerprint density at radius 1 is 1.06 bits per heavy atom. The molecule has 0 bridgehead atoms. The highest BCUT2D eigenvalue weighted by molar-refractivity contribution is 5.57. The van der Waals surface area contributed by atoms with Gasteiger partial charge in [0.05, 0.1) is 7.11 Å². The van der Waals surface area contributed by atoms with E-state index >= 15 is 0 Å². The van der Waals surface area contributed by atoms with Gasteiger partial charge in [-0.15, -0.1) is 0 Å². The summed E-state index contributed by atoms with van der Waals surface area (Å²) < 4.78 is 19.4. The lowest BCUT2D eigenvalue weighted by Crippen LogP contribution is -2.40. The third-order valence-corrected chi connectivity index (χ3v) is 7.23.